The first-order chi connectivity index (χ1) is 8.67. The van der Waals surface area contributed by atoms with Crippen molar-refractivity contribution in [2.45, 2.75) is 62.7 Å². The van der Waals surface area contributed by atoms with E-state index in [0.29, 0.717) is 10.3 Å². The molecule has 2 nitrogen and oxygen atoms in total. The second kappa shape index (κ2) is 6.08. The fourth-order valence-electron chi connectivity index (χ4n) is 2.88. The fraction of sp³-hybridized carbons (Fsp3) is 0.929. The van der Waals surface area contributed by atoms with Gasteiger partial charge in [-0.3, -0.25) is 4.99 Å². The van der Waals surface area contributed by atoms with E-state index in [1.165, 1.54) is 49.4 Å². The molecule has 0 amide bonds. The minimum absolute atomic E-state index is 0.311. The van der Waals surface area contributed by atoms with E-state index in [0.717, 1.165) is 6.54 Å². The van der Waals surface area contributed by atoms with Gasteiger partial charge in [-0.05, 0) is 31.9 Å². The summed E-state index contributed by atoms with van der Waals surface area (Å²) in [5, 5.41) is 4.87. The van der Waals surface area contributed by atoms with Crippen LogP contribution in [0.4, 0.5) is 0 Å². The Morgan fingerprint density at radius 1 is 1.28 bits per heavy atom. The molecule has 1 aliphatic heterocycles. The molecular weight excluding hydrogens is 260 g/mol. The van der Waals surface area contributed by atoms with Gasteiger partial charge in [-0.1, -0.05) is 38.5 Å². The Kier molecular flexibility index (Phi) is 4.92. The Morgan fingerprint density at radius 3 is 2.44 bits per heavy atom. The summed E-state index contributed by atoms with van der Waals surface area (Å²) in [5.41, 5.74) is 0.311. The molecule has 0 unspecified atom stereocenters. The van der Waals surface area contributed by atoms with E-state index in [4.69, 9.17) is 4.99 Å². The molecule has 2 rings (SSSR count). The third-order valence-corrected chi connectivity index (χ3v) is 7.27. The Balaban J connectivity index is 1.95. The lowest BCUT2D eigenvalue weighted by Gasteiger charge is -2.26. The van der Waals surface area contributed by atoms with Crippen molar-refractivity contribution in [1.29, 1.82) is 0 Å². The topological polar surface area (TPSA) is 24.4 Å². The Hall–Kier alpha value is 0.170. The van der Waals surface area contributed by atoms with Crippen LogP contribution in [0, 0.1) is 0 Å². The monoisotopic (exact) mass is 286 g/mol. The summed E-state index contributed by atoms with van der Waals surface area (Å²) in [4.78, 5) is 4.89. The van der Waals surface area contributed by atoms with E-state index < -0.39 is 0 Å². The van der Waals surface area contributed by atoms with Gasteiger partial charge in [0.05, 0.1) is 6.54 Å². The number of thioether (sulfide) groups is 2. The van der Waals surface area contributed by atoms with Crippen LogP contribution in [-0.4, -0.2) is 34.0 Å². The highest BCUT2D eigenvalue weighted by molar-refractivity contribution is 8.14. The van der Waals surface area contributed by atoms with Crippen LogP contribution in [0.25, 0.3) is 0 Å². The molecule has 0 radical (unpaired) electrons. The van der Waals surface area contributed by atoms with Gasteiger partial charge in [-0.15, -0.1) is 0 Å². The second-order valence-corrected chi connectivity index (χ2v) is 7.86. The van der Waals surface area contributed by atoms with E-state index >= 15 is 0 Å². The van der Waals surface area contributed by atoms with Crippen molar-refractivity contribution < 1.29 is 0 Å². The third kappa shape index (κ3) is 3.01. The lowest BCUT2D eigenvalue weighted by Crippen LogP contribution is -2.42. The van der Waals surface area contributed by atoms with Gasteiger partial charge >= 0.3 is 0 Å². The van der Waals surface area contributed by atoms with Gasteiger partial charge in [0, 0.05) is 16.0 Å². The summed E-state index contributed by atoms with van der Waals surface area (Å²) >= 11 is 3.95. The molecule has 0 spiro atoms. The highest BCUT2D eigenvalue weighted by Crippen LogP contribution is 2.40. The Bertz CT molecular complexity index is 305. The zero-order valence-corrected chi connectivity index (χ0v) is 13.6. The number of hydrogen-bond donors (Lipinski definition) is 1. The highest BCUT2D eigenvalue weighted by Gasteiger charge is 2.36. The van der Waals surface area contributed by atoms with Gasteiger partial charge in [-0.25, -0.2) is 0 Å². The SMILES string of the molecule is CCC1(CC)CSC(=NCC2(SC)CCCC2)N1. The van der Waals surface area contributed by atoms with Gasteiger partial charge in [0.1, 0.15) is 0 Å². The molecule has 1 aliphatic carbocycles. The normalized spacial score (nSPS) is 27.6. The Morgan fingerprint density at radius 2 is 1.94 bits per heavy atom. The van der Waals surface area contributed by atoms with Crippen molar-refractivity contribution >= 4 is 28.7 Å². The molecule has 18 heavy (non-hydrogen) atoms. The molecular formula is C14H26N2S2. The number of hydrogen-bond acceptors (Lipinski definition) is 3. The van der Waals surface area contributed by atoms with Gasteiger partial charge < -0.3 is 5.32 Å². The summed E-state index contributed by atoms with van der Waals surface area (Å²) in [7, 11) is 0. The summed E-state index contributed by atoms with van der Waals surface area (Å²) in [6.07, 6.45) is 10.1. The lowest BCUT2D eigenvalue weighted by atomic mass is 9.96. The van der Waals surface area contributed by atoms with E-state index in [9.17, 15) is 0 Å². The molecule has 104 valence electrons. The predicted octanol–water partition coefficient (Wildman–Crippen LogP) is 3.91. The minimum atomic E-state index is 0.311. The van der Waals surface area contributed by atoms with Crippen LogP contribution < -0.4 is 5.32 Å². The van der Waals surface area contributed by atoms with Gasteiger partial charge in [0.25, 0.3) is 0 Å². The van der Waals surface area contributed by atoms with Crippen LogP contribution in [0.3, 0.4) is 0 Å². The van der Waals surface area contributed by atoms with Crippen molar-refractivity contribution in [3.8, 4) is 0 Å². The lowest BCUT2D eigenvalue weighted by molar-refractivity contribution is 0.407. The minimum Gasteiger partial charge on any atom is -0.359 e. The van der Waals surface area contributed by atoms with Gasteiger partial charge in [0.15, 0.2) is 5.17 Å². The molecule has 4 heteroatoms. The number of rotatable bonds is 5. The molecule has 0 bridgehead atoms. The quantitative estimate of drug-likeness (QED) is 0.829. The zero-order chi connectivity index (χ0) is 13.1. The molecule has 1 saturated heterocycles. The zero-order valence-electron chi connectivity index (χ0n) is 11.9. The van der Waals surface area contributed by atoms with Gasteiger partial charge in [-0.2, -0.15) is 11.8 Å². The number of aliphatic imine (C=N–C) groups is 1. The Labute approximate surface area is 120 Å². The first kappa shape index (κ1) is 14.6. The van der Waals surface area contributed by atoms with Crippen LogP contribution in [0.2, 0.25) is 0 Å². The first-order valence-electron chi connectivity index (χ1n) is 7.18. The summed E-state index contributed by atoms with van der Waals surface area (Å²) in [6.45, 7) is 5.56. The predicted molar refractivity (Wildman–Crippen MR) is 85.9 cm³/mol. The molecule has 0 aromatic heterocycles. The van der Waals surface area contributed by atoms with Crippen LogP contribution in [0.1, 0.15) is 52.4 Å². The van der Waals surface area contributed by atoms with E-state index in [2.05, 4.69) is 25.4 Å². The highest BCUT2D eigenvalue weighted by atomic mass is 32.2. The summed E-state index contributed by atoms with van der Waals surface area (Å²) in [6, 6.07) is 0. The van der Waals surface area contributed by atoms with Crippen LogP contribution in [-0.2, 0) is 0 Å². The summed E-state index contributed by atoms with van der Waals surface area (Å²) in [5.74, 6) is 1.19. The van der Waals surface area contributed by atoms with E-state index in [-0.39, 0.29) is 0 Å². The summed E-state index contributed by atoms with van der Waals surface area (Å²) < 4.78 is 0.443. The van der Waals surface area contributed by atoms with Crippen molar-refractivity contribution in [3.63, 3.8) is 0 Å². The molecule has 0 atom stereocenters. The smallest absolute Gasteiger partial charge is 0.157 e. The van der Waals surface area contributed by atoms with Crippen molar-refractivity contribution in [3.05, 3.63) is 0 Å². The maximum atomic E-state index is 4.89. The van der Waals surface area contributed by atoms with Crippen LogP contribution >= 0.6 is 23.5 Å². The van der Waals surface area contributed by atoms with Crippen LogP contribution in [0.15, 0.2) is 4.99 Å². The van der Waals surface area contributed by atoms with Crippen molar-refractivity contribution in [1.82, 2.24) is 5.32 Å². The molecule has 1 heterocycles. The van der Waals surface area contributed by atoms with Crippen molar-refractivity contribution in [2.24, 2.45) is 4.99 Å². The largest absolute Gasteiger partial charge is 0.359 e. The standard InChI is InChI=1S/C14H26N2S2/c1-4-13(5-2)11-18-12(16-13)15-10-14(17-3)8-6-7-9-14/h4-11H2,1-3H3,(H,15,16). The maximum Gasteiger partial charge on any atom is 0.157 e. The van der Waals surface area contributed by atoms with Gasteiger partial charge in [0.2, 0.25) is 0 Å². The number of amidine groups is 1. The number of nitrogens with one attached hydrogen (secondary N) is 1. The molecule has 2 fully saturated rings. The second-order valence-electron chi connectivity index (χ2n) is 5.62. The molecule has 1 N–H and O–H groups in total. The molecule has 0 aromatic rings. The van der Waals surface area contributed by atoms with E-state index in [1.54, 1.807) is 0 Å². The van der Waals surface area contributed by atoms with Crippen molar-refractivity contribution in [2.75, 3.05) is 18.6 Å². The maximum absolute atomic E-state index is 4.89. The van der Waals surface area contributed by atoms with E-state index in [1.807, 2.05) is 23.5 Å². The third-order valence-electron chi connectivity index (χ3n) is 4.67. The average Bonchev–Trinajstić information content (AvgIpc) is 3.05. The molecule has 2 aliphatic rings. The first-order valence-corrected chi connectivity index (χ1v) is 9.39. The van der Waals surface area contributed by atoms with Crippen LogP contribution in [0.5, 0.6) is 0 Å². The number of nitrogens with zero attached hydrogens (tertiary/aromatic N) is 1. The average molecular weight is 287 g/mol. The molecule has 0 aromatic carbocycles. The fourth-order valence-corrected chi connectivity index (χ4v) is 5.11. The molecule has 1 saturated carbocycles.